The molecule has 2 aromatic carbocycles. The van der Waals surface area contributed by atoms with E-state index in [-0.39, 0.29) is 23.8 Å². The van der Waals surface area contributed by atoms with Gasteiger partial charge >= 0.3 is 0 Å². The van der Waals surface area contributed by atoms with Crippen LogP contribution < -0.4 is 21.3 Å². The van der Waals surface area contributed by atoms with Gasteiger partial charge < -0.3 is 15.2 Å². The van der Waals surface area contributed by atoms with Crippen LogP contribution in [-0.4, -0.2) is 12.8 Å². The number of hydrazine groups is 1. The van der Waals surface area contributed by atoms with E-state index in [4.69, 9.17) is 38.4 Å². The van der Waals surface area contributed by atoms with E-state index < -0.39 is 6.23 Å². The fourth-order valence-corrected chi connectivity index (χ4v) is 4.39. The van der Waals surface area contributed by atoms with Crippen molar-refractivity contribution in [2.75, 3.05) is 6.61 Å². The number of nitrogens with two attached hydrogens (primary N) is 1. The second-order valence-electron chi connectivity index (χ2n) is 6.89. The first-order chi connectivity index (χ1) is 14.0. The highest BCUT2D eigenvalue weighted by Crippen LogP contribution is 2.49. The molecule has 6 nitrogen and oxygen atoms in total. The van der Waals surface area contributed by atoms with E-state index in [1.54, 1.807) is 6.07 Å². The number of benzene rings is 2. The maximum Gasteiger partial charge on any atom is 0.200 e. The molecule has 0 saturated carbocycles. The Kier molecular flexibility index (Phi) is 5.57. The van der Waals surface area contributed by atoms with E-state index in [9.17, 15) is 5.26 Å². The third-order valence-corrected chi connectivity index (χ3v) is 6.05. The standard InChI is InChI=1S/C21H20Cl2N4O2/c1-2-28-16-6-4-3-5-12(16)17-13(10-24)20(25)29-21-18(17)19(26-27-21)11-7-8-14(22)15(23)9-11/h3-9,17-19,21,26-27H,2,25H2,1H3. The maximum atomic E-state index is 9.88. The molecule has 2 aliphatic rings. The summed E-state index contributed by atoms with van der Waals surface area (Å²) in [6, 6.07) is 15.3. The SMILES string of the molecule is CCOc1ccccc1C1C(C#N)=C(N)OC2NNC(c3ccc(Cl)c(Cl)c3)C21. The van der Waals surface area contributed by atoms with Crippen molar-refractivity contribution in [2.24, 2.45) is 11.7 Å². The Morgan fingerprint density at radius 2 is 1.97 bits per heavy atom. The van der Waals surface area contributed by atoms with Gasteiger partial charge in [-0.3, -0.25) is 0 Å². The van der Waals surface area contributed by atoms with Gasteiger partial charge in [-0.2, -0.15) is 5.26 Å². The summed E-state index contributed by atoms with van der Waals surface area (Å²) in [4.78, 5) is 0. The van der Waals surface area contributed by atoms with E-state index in [1.807, 2.05) is 43.3 Å². The molecule has 0 amide bonds. The van der Waals surface area contributed by atoms with Crippen molar-refractivity contribution in [1.82, 2.24) is 10.9 Å². The second-order valence-corrected chi connectivity index (χ2v) is 7.71. The number of para-hydroxylation sites is 1. The molecule has 2 aromatic rings. The van der Waals surface area contributed by atoms with Crippen LogP contribution in [0.3, 0.4) is 0 Å². The molecule has 0 radical (unpaired) electrons. The fraction of sp³-hybridized carbons (Fsp3) is 0.286. The predicted octanol–water partition coefficient (Wildman–Crippen LogP) is 3.99. The summed E-state index contributed by atoms with van der Waals surface area (Å²) in [5.74, 6) is 0.342. The van der Waals surface area contributed by atoms with E-state index in [0.717, 1.165) is 16.9 Å². The molecule has 2 aliphatic heterocycles. The van der Waals surface area contributed by atoms with Crippen LogP contribution in [0.4, 0.5) is 0 Å². The molecule has 4 N–H and O–H groups in total. The van der Waals surface area contributed by atoms with Crippen LogP contribution in [0.15, 0.2) is 53.9 Å². The summed E-state index contributed by atoms with van der Waals surface area (Å²) < 4.78 is 11.7. The minimum atomic E-state index is -0.425. The van der Waals surface area contributed by atoms with E-state index in [0.29, 0.717) is 22.2 Å². The second kappa shape index (κ2) is 8.13. The molecule has 8 heteroatoms. The van der Waals surface area contributed by atoms with Gasteiger partial charge in [0.25, 0.3) is 0 Å². The summed E-state index contributed by atoms with van der Waals surface area (Å²) in [5, 5.41) is 10.8. The van der Waals surface area contributed by atoms with E-state index in [2.05, 4.69) is 16.9 Å². The Morgan fingerprint density at radius 3 is 2.69 bits per heavy atom. The molecule has 4 unspecified atom stereocenters. The number of fused-ring (bicyclic) bond motifs is 1. The van der Waals surface area contributed by atoms with Crippen LogP contribution in [0, 0.1) is 17.2 Å². The van der Waals surface area contributed by atoms with Crippen LogP contribution in [0.25, 0.3) is 0 Å². The number of ether oxygens (including phenoxy) is 2. The molecule has 0 spiro atoms. The Hall–Kier alpha value is -2.43. The fourth-order valence-electron chi connectivity index (χ4n) is 4.08. The minimum Gasteiger partial charge on any atom is -0.494 e. The number of hydrogen-bond donors (Lipinski definition) is 3. The van der Waals surface area contributed by atoms with Gasteiger partial charge in [-0.25, -0.2) is 10.9 Å². The van der Waals surface area contributed by atoms with Crippen molar-refractivity contribution in [3.05, 3.63) is 75.1 Å². The van der Waals surface area contributed by atoms with E-state index in [1.165, 1.54) is 0 Å². The molecular formula is C21H20Cl2N4O2. The third-order valence-electron chi connectivity index (χ3n) is 5.31. The monoisotopic (exact) mass is 430 g/mol. The summed E-state index contributed by atoms with van der Waals surface area (Å²) in [5.41, 5.74) is 14.7. The lowest BCUT2D eigenvalue weighted by atomic mass is 9.74. The zero-order valence-electron chi connectivity index (χ0n) is 15.7. The number of nitrogens with one attached hydrogen (secondary N) is 2. The molecule has 0 bridgehead atoms. The Morgan fingerprint density at radius 1 is 1.17 bits per heavy atom. The number of nitriles is 1. The highest BCUT2D eigenvalue weighted by molar-refractivity contribution is 6.42. The first kappa shape index (κ1) is 19.9. The van der Waals surface area contributed by atoms with Gasteiger partial charge in [0.1, 0.15) is 11.8 Å². The highest BCUT2D eigenvalue weighted by Gasteiger charge is 2.50. The molecule has 1 saturated heterocycles. The zero-order valence-corrected chi connectivity index (χ0v) is 17.2. The number of rotatable bonds is 4. The largest absolute Gasteiger partial charge is 0.494 e. The summed E-state index contributed by atoms with van der Waals surface area (Å²) in [6.45, 7) is 2.44. The maximum absolute atomic E-state index is 9.88. The quantitative estimate of drug-likeness (QED) is 0.678. The topological polar surface area (TPSA) is 92.3 Å². The van der Waals surface area contributed by atoms with Crippen molar-refractivity contribution >= 4 is 23.2 Å². The molecule has 150 valence electrons. The Bertz CT molecular complexity index is 1000. The molecule has 0 aliphatic carbocycles. The Labute approximate surface area is 179 Å². The van der Waals surface area contributed by atoms with Gasteiger partial charge in [-0.15, -0.1) is 0 Å². The van der Waals surface area contributed by atoms with Gasteiger partial charge in [0.2, 0.25) is 5.88 Å². The first-order valence-electron chi connectivity index (χ1n) is 9.29. The molecule has 4 atom stereocenters. The zero-order chi connectivity index (χ0) is 20.5. The predicted molar refractivity (Wildman–Crippen MR) is 111 cm³/mol. The summed E-state index contributed by atoms with van der Waals surface area (Å²) in [6.07, 6.45) is -0.425. The molecular weight excluding hydrogens is 411 g/mol. The van der Waals surface area contributed by atoms with Crippen molar-refractivity contribution in [3.63, 3.8) is 0 Å². The van der Waals surface area contributed by atoms with Crippen molar-refractivity contribution in [3.8, 4) is 11.8 Å². The van der Waals surface area contributed by atoms with Crippen molar-refractivity contribution < 1.29 is 9.47 Å². The highest BCUT2D eigenvalue weighted by atomic mass is 35.5. The van der Waals surface area contributed by atoms with Crippen LogP contribution >= 0.6 is 23.2 Å². The minimum absolute atomic E-state index is 0.120. The molecule has 0 aromatic heterocycles. The number of halogens is 2. The smallest absolute Gasteiger partial charge is 0.200 e. The average molecular weight is 431 g/mol. The van der Waals surface area contributed by atoms with Crippen LogP contribution in [0.2, 0.25) is 10.0 Å². The van der Waals surface area contributed by atoms with Gasteiger partial charge in [0.05, 0.1) is 28.3 Å². The number of allylic oxidation sites excluding steroid dienone is 1. The van der Waals surface area contributed by atoms with E-state index >= 15 is 0 Å². The molecule has 4 rings (SSSR count). The Balaban J connectivity index is 1.84. The van der Waals surface area contributed by atoms with Gasteiger partial charge in [0.15, 0.2) is 6.23 Å². The van der Waals surface area contributed by atoms with Crippen LogP contribution in [0.5, 0.6) is 5.75 Å². The molecule has 2 heterocycles. The van der Waals surface area contributed by atoms with Crippen LogP contribution in [0.1, 0.15) is 30.0 Å². The summed E-state index contributed by atoms with van der Waals surface area (Å²) >= 11 is 12.3. The lowest BCUT2D eigenvalue weighted by Gasteiger charge is -2.36. The first-order valence-corrected chi connectivity index (χ1v) is 10.0. The lowest BCUT2D eigenvalue weighted by molar-refractivity contribution is 0.0337. The van der Waals surface area contributed by atoms with Gasteiger partial charge in [0, 0.05) is 17.4 Å². The normalized spacial score (nSPS) is 25.9. The van der Waals surface area contributed by atoms with Crippen molar-refractivity contribution in [2.45, 2.75) is 25.1 Å². The average Bonchev–Trinajstić information content (AvgIpc) is 3.13. The lowest BCUT2D eigenvalue weighted by Crippen LogP contribution is -2.41. The number of hydrogen-bond acceptors (Lipinski definition) is 6. The van der Waals surface area contributed by atoms with Gasteiger partial charge in [-0.05, 0) is 30.7 Å². The molecule has 29 heavy (non-hydrogen) atoms. The summed E-state index contributed by atoms with van der Waals surface area (Å²) in [7, 11) is 0. The van der Waals surface area contributed by atoms with Gasteiger partial charge in [-0.1, -0.05) is 47.5 Å². The molecule has 1 fully saturated rings. The van der Waals surface area contributed by atoms with Crippen molar-refractivity contribution in [1.29, 1.82) is 5.26 Å². The van der Waals surface area contributed by atoms with Crippen LogP contribution in [-0.2, 0) is 4.74 Å². The third kappa shape index (κ3) is 3.52. The number of nitrogens with zero attached hydrogens (tertiary/aromatic N) is 1.